The van der Waals surface area contributed by atoms with Gasteiger partial charge in [-0.05, 0) is 32.4 Å². The van der Waals surface area contributed by atoms with Crippen LogP contribution in [0.4, 0.5) is 5.69 Å². The summed E-state index contributed by atoms with van der Waals surface area (Å²) in [6.45, 7) is 5.45. The van der Waals surface area contributed by atoms with Gasteiger partial charge in [-0.1, -0.05) is 48.0 Å². The van der Waals surface area contributed by atoms with Crippen molar-refractivity contribution in [2.75, 3.05) is 5.32 Å². The highest BCUT2D eigenvalue weighted by Crippen LogP contribution is 2.20. The molecule has 2 aromatic carbocycles. The number of nitrogens with zero attached hydrogens (tertiary/aromatic N) is 1. The number of amides is 1. The third kappa shape index (κ3) is 5.54. The van der Waals surface area contributed by atoms with Gasteiger partial charge in [0.25, 0.3) is 5.91 Å². The Bertz CT molecular complexity index is 995. The van der Waals surface area contributed by atoms with Gasteiger partial charge in [0.2, 0.25) is 0 Å². The Morgan fingerprint density at radius 3 is 2.62 bits per heavy atom. The minimum atomic E-state index is -0.896. The van der Waals surface area contributed by atoms with E-state index in [1.165, 1.54) is 0 Å². The van der Waals surface area contributed by atoms with E-state index < -0.39 is 12.1 Å². The van der Waals surface area contributed by atoms with Gasteiger partial charge in [0.1, 0.15) is 0 Å². The minimum absolute atomic E-state index is 0.0793. The van der Waals surface area contributed by atoms with Gasteiger partial charge in [-0.2, -0.15) is 0 Å². The summed E-state index contributed by atoms with van der Waals surface area (Å²) in [5, 5.41) is 2.79. The lowest BCUT2D eigenvalue weighted by Gasteiger charge is -2.14. The Balaban J connectivity index is 1.49. The lowest BCUT2D eigenvalue weighted by Crippen LogP contribution is -2.30. The third-order valence-electron chi connectivity index (χ3n) is 4.47. The number of carbonyl (C=O) groups excluding carboxylic acids is 2. The first-order valence-electron chi connectivity index (χ1n) is 9.50. The number of esters is 1. The van der Waals surface area contributed by atoms with E-state index in [2.05, 4.69) is 10.3 Å². The van der Waals surface area contributed by atoms with Gasteiger partial charge >= 0.3 is 5.97 Å². The fourth-order valence-electron chi connectivity index (χ4n) is 2.87. The molecule has 0 spiro atoms. The van der Waals surface area contributed by atoms with E-state index in [4.69, 9.17) is 9.15 Å². The van der Waals surface area contributed by atoms with Crippen LogP contribution in [0.25, 0.3) is 11.3 Å². The van der Waals surface area contributed by atoms with Crippen LogP contribution >= 0.6 is 0 Å². The molecule has 0 radical (unpaired) electrons. The van der Waals surface area contributed by atoms with Crippen molar-refractivity contribution in [3.63, 3.8) is 0 Å². The first-order chi connectivity index (χ1) is 13.9. The zero-order valence-electron chi connectivity index (χ0n) is 16.8. The van der Waals surface area contributed by atoms with Crippen molar-refractivity contribution in [1.29, 1.82) is 0 Å². The van der Waals surface area contributed by atoms with Crippen LogP contribution in [0.2, 0.25) is 0 Å². The van der Waals surface area contributed by atoms with Crippen molar-refractivity contribution in [3.05, 3.63) is 71.7 Å². The Hall–Kier alpha value is -3.41. The maximum Gasteiger partial charge on any atom is 0.307 e. The molecule has 6 heteroatoms. The fourth-order valence-corrected chi connectivity index (χ4v) is 2.87. The Kier molecular flexibility index (Phi) is 6.44. The average Bonchev–Trinajstić information content (AvgIpc) is 3.18. The van der Waals surface area contributed by atoms with Gasteiger partial charge in [-0.25, -0.2) is 4.98 Å². The molecule has 1 atom stereocenters. The van der Waals surface area contributed by atoms with Crippen LogP contribution in [0.5, 0.6) is 0 Å². The number of benzene rings is 2. The van der Waals surface area contributed by atoms with Crippen LogP contribution in [0.1, 0.15) is 30.4 Å². The molecule has 1 unspecified atom stereocenters. The number of carbonyl (C=O) groups is 2. The van der Waals surface area contributed by atoms with Crippen LogP contribution in [0, 0.1) is 13.8 Å². The van der Waals surface area contributed by atoms with Crippen molar-refractivity contribution in [3.8, 4) is 11.3 Å². The predicted octanol–water partition coefficient (Wildman–Crippen LogP) is 4.46. The summed E-state index contributed by atoms with van der Waals surface area (Å²) < 4.78 is 10.9. The molecule has 1 amide bonds. The molecule has 29 heavy (non-hydrogen) atoms. The molecule has 1 heterocycles. The summed E-state index contributed by atoms with van der Waals surface area (Å²) in [6.07, 6.45) is 1.12. The summed E-state index contributed by atoms with van der Waals surface area (Å²) >= 11 is 0. The first-order valence-corrected chi connectivity index (χ1v) is 9.50. The van der Waals surface area contributed by atoms with Crippen molar-refractivity contribution >= 4 is 17.6 Å². The van der Waals surface area contributed by atoms with Gasteiger partial charge in [-0.3, -0.25) is 9.59 Å². The Morgan fingerprint density at radius 1 is 1.14 bits per heavy atom. The van der Waals surface area contributed by atoms with E-state index >= 15 is 0 Å². The molecule has 1 N–H and O–H groups in total. The quantitative estimate of drug-likeness (QED) is 0.600. The van der Waals surface area contributed by atoms with E-state index in [9.17, 15) is 9.59 Å². The second kappa shape index (κ2) is 9.19. The summed E-state index contributed by atoms with van der Waals surface area (Å²) in [5.74, 6) is 0.254. The van der Waals surface area contributed by atoms with E-state index in [0.29, 0.717) is 23.8 Å². The smallest absolute Gasteiger partial charge is 0.307 e. The van der Waals surface area contributed by atoms with Crippen LogP contribution in [-0.2, 0) is 20.7 Å². The van der Waals surface area contributed by atoms with Crippen LogP contribution in [0.3, 0.4) is 0 Å². The third-order valence-corrected chi connectivity index (χ3v) is 4.47. The van der Waals surface area contributed by atoms with E-state index in [1.54, 1.807) is 13.1 Å². The molecular weight excluding hydrogens is 368 g/mol. The van der Waals surface area contributed by atoms with E-state index in [1.807, 2.05) is 62.4 Å². The molecule has 0 bridgehead atoms. The summed E-state index contributed by atoms with van der Waals surface area (Å²) in [6, 6.07) is 15.3. The lowest BCUT2D eigenvalue weighted by molar-refractivity contribution is -0.153. The van der Waals surface area contributed by atoms with Gasteiger partial charge < -0.3 is 14.5 Å². The topological polar surface area (TPSA) is 81.4 Å². The van der Waals surface area contributed by atoms with Gasteiger partial charge in [0.05, 0.1) is 12.6 Å². The zero-order chi connectivity index (χ0) is 20.8. The highest BCUT2D eigenvalue weighted by atomic mass is 16.5. The largest absolute Gasteiger partial charge is 0.453 e. The molecule has 1 aromatic heterocycles. The monoisotopic (exact) mass is 392 g/mol. The van der Waals surface area contributed by atoms with Gasteiger partial charge in [0.15, 0.2) is 17.8 Å². The van der Waals surface area contributed by atoms with E-state index in [-0.39, 0.29) is 12.3 Å². The molecule has 0 aliphatic rings. The maximum absolute atomic E-state index is 12.3. The molecule has 150 valence electrons. The van der Waals surface area contributed by atoms with Crippen LogP contribution in [-0.4, -0.2) is 23.0 Å². The number of anilines is 1. The zero-order valence-corrected chi connectivity index (χ0v) is 16.8. The predicted molar refractivity (Wildman–Crippen MR) is 110 cm³/mol. The number of hydrogen-bond acceptors (Lipinski definition) is 5. The van der Waals surface area contributed by atoms with Crippen molar-refractivity contribution in [1.82, 2.24) is 4.98 Å². The second-order valence-corrected chi connectivity index (χ2v) is 6.92. The Labute approximate surface area is 169 Å². The lowest BCUT2D eigenvalue weighted by atomic mass is 10.1. The second-order valence-electron chi connectivity index (χ2n) is 6.92. The maximum atomic E-state index is 12.3. The molecule has 0 aliphatic heterocycles. The molecule has 3 aromatic rings. The first kappa shape index (κ1) is 20.3. The number of hydrogen-bond donors (Lipinski definition) is 1. The summed E-state index contributed by atoms with van der Waals surface area (Å²) in [7, 11) is 0. The normalized spacial score (nSPS) is 11.7. The number of aromatic nitrogens is 1. The Morgan fingerprint density at radius 2 is 1.90 bits per heavy atom. The van der Waals surface area contributed by atoms with E-state index in [0.717, 1.165) is 16.7 Å². The number of oxazole rings is 1. The summed E-state index contributed by atoms with van der Waals surface area (Å²) in [4.78, 5) is 28.6. The number of nitrogens with one attached hydrogen (secondary N) is 1. The number of rotatable bonds is 7. The average molecular weight is 392 g/mol. The van der Waals surface area contributed by atoms with Gasteiger partial charge in [-0.15, -0.1) is 0 Å². The van der Waals surface area contributed by atoms with Crippen molar-refractivity contribution < 1.29 is 18.7 Å². The number of aryl methyl sites for hydroxylation is 3. The fraction of sp³-hybridized carbons (Fsp3) is 0.261. The SMILES string of the molecule is Cc1ccc(NC(=O)C(C)OC(=O)CCc2ncc(-c3ccccc3)o2)c(C)c1. The number of ether oxygens (including phenoxy) is 1. The molecule has 0 fully saturated rings. The van der Waals surface area contributed by atoms with Crippen molar-refractivity contribution in [2.24, 2.45) is 0 Å². The highest BCUT2D eigenvalue weighted by Gasteiger charge is 2.19. The van der Waals surface area contributed by atoms with Gasteiger partial charge in [0, 0.05) is 17.7 Å². The molecule has 0 aliphatic carbocycles. The molecule has 6 nitrogen and oxygen atoms in total. The molecule has 0 saturated heterocycles. The minimum Gasteiger partial charge on any atom is -0.453 e. The summed E-state index contributed by atoms with van der Waals surface area (Å²) in [5.41, 5.74) is 3.69. The molecule has 0 saturated carbocycles. The van der Waals surface area contributed by atoms with Crippen LogP contribution in [0.15, 0.2) is 59.1 Å². The van der Waals surface area contributed by atoms with Crippen LogP contribution < -0.4 is 5.32 Å². The van der Waals surface area contributed by atoms with Crippen molar-refractivity contribution in [2.45, 2.75) is 39.7 Å². The highest BCUT2D eigenvalue weighted by molar-refractivity contribution is 5.95. The molecular formula is C23H24N2O4. The molecule has 3 rings (SSSR count). The standard InChI is InChI=1S/C23H24N2O4/c1-15-9-10-19(16(2)13-15)25-23(27)17(3)28-22(26)12-11-21-24-14-20(29-21)18-7-5-4-6-8-18/h4-10,13-14,17H,11-12H2,1-3H3,(H,25,27).